The van der Waals surface area contributed by atoms with Crippen molar-refractivity contribution in [2.24, 2.45) is 0 Å². The number of nitrogens with zero attached hydrogens (tertiary/aromatic N) is 3. The van der Waals surface area contributed by atoms with Gasteiger partial charge in [-0.15, -0.1) is 0 Å². The van der Waals surface area contributed by atoms with Crippen LogP contribution in [0.2, 0.25) is 0 Å². The molecule has 8 nitrogen and oxygen atoms in total. The summed E-state index contributed by atoms with van der Waals surface area (Å²) in [6.45, 7) is 0.653. The largest absolute Gasteiger partial charge is 0.497 e. The second kappa shape index (κ2) is 8.83. The molecule has 1 unspecified atom stereocenters. The molecule has 3 aromatic rings. The zero-order valence-electron chi connectivity index (χ0n) is 17.0. The van der Waals surface area contributed by atoms with Gasteiger partial charge in [0.2, 0.25) is 5.91 Å². The SMILES string of the molecule is COc1ccc(NC(=O)C2CCCN2c2ccc([N+](=O)[O-])c(-c3ccccc3)n2)cc1. The average molecular weight is 418 g/mol. The third-order valence-electron chi connectivity index (χ3n) is 5.31. The van der Waals surface area contributed by atoms with Crippen LogP contribution in [0.15, 0.2) is 66.7 Å². The van der Waals surface area contributed by atoms with E-state index in [9.17, 15) is 14.9 Å². The molecule has 1 aromatic heterocycles. The quantitative estimate of drug-likeness (QED) is 0.474. The topological polar surface area (TPSA) is 97.6 Å². The summed E-state index contributed by atoms with van der Waals surface area (Å²) in [6, 6.07) is 18.9. The molecule has 158 valence electrons. The van der Waals surface area contributed by atoms with Gasteiger partial charge in [-0.1, -0.05) is 30.3 Å². The van der Waals surface area contributed by atoms with Gasteiger partial charge in [-0.3, -0.25) is 14.9 Å². The molecule has 4 rings (SSSR count). The number of ether oxygens (including phenoxy) is 1. The molecule has 2 heterocycles. The minimum Gasteiger partial charge on any atom is -0.497 e. The second-order valence-corrected chi connectivity index (χ2v) is 7.23. The van der Waals surface area contributed by atoms with Crippen LogP contribution in [0.3, 0.4) is 0 Å². The number of aromatic nitrogens is 1. The van der Waals surface area contributed by atoms with E-state index in [-0.39, 0.29) is 11.6 Å². The van der Waals surface area contributed by atoms with Crippen LogP contribution < -0.4 is 15.0 Å². The Morgan fingerprint density at radius 2 is 1.87 bits per heavy atom. The fourth-order valence-corrected chi connectivity index (χ4v) is 3.77. The summed E-state index contributed by atoms with van der Waals surface area (Å²) in [4.78, 5) is 30.6. The first-order valence-corrected chi connectivity index (χ1v) is 9.99. The van der Waals surface area contributed by atoms with Crippen LogP contribution in [-0.4, -0.2) is 35.5 Å². The number of rotatable bonds is 6. The summed E-state index contributed by atoms with van der Waals surface area (Å²) in [7, 11) is 1.59. The number of carbonyl (C=O) groups is 1. The molecular formula is C23H22N4O4. The first-order valence-electron chi connectivity index (χ1n) is 9.99. The molecule has 1 N–H and O–H groups in total. The van der Waals surface area contributed by atoms with Crippen molar-refractivity contribution in [1.29, 1.82) is 0 Å². The van der Waals surface area contributed by atoms with Crippen molar-refractivity contribution in [3.63, 3.8) is 0 Å². The van der Waals surface area contributed by atoms with E-state index in [2.05, 4.69) is 10.3 Å². The Balaban J connectivity index is 1.60. The fraction of sp³-hybridized carbons (Fsp3) is 0.217. The molecule has 8 heteroatoms. The van der Waals surface area contributed by atoms with E-state index in [0.29, 0.717) is 41.5 Å². The predicted molar refractivity (Wildman–Crippen MR) is 118 cm³/mol. The van der Waals surface area contributed by atoms with Crippen LogP contribution >= 0.6 is 0 Å². The van der Waals surface area contributed by atoms with E-state index in [1.54, 1.807) is 49.6 Å². The molecule has 1 aliphatic rings. The Kier molecular flexibility index (Phi) is 5.79. The lowest BCUT2D eigenvalue weighted by molar-refractivity contribution is -0.384. The smallest absolute Gasteiger partial charge is 0.295 e. The van der Waals surface area contributed by atoms with E-state index >= 15 is 0 Å². The Bertz CT molecular complexity index is 1090. The van der Waals surface area contributed by atoms with E-state index in [4.69, 9.17) is 4.74 Å². The molecule has 0 saturated carbocycles. The normalized spacial score (nSPS) is 15.5. The predicted octanol–water partition coefficient (Wildman–Crippen LogP) is 4.27. The third-order valence-corrected chi connectivity index (χ3v) is 5.31. The Labute approximate surface area is 179 Å². The molecular weight excluding hydrogens is 396 g/mol. The molecule has 1 atom stereocenters. The van der Waals surface area contributed by atoms with Gasteiger partial charge in [0.25, 0.3) is 5.69 Å². The molecule has 1 saturated heterocycles. The fourth-order valence-electron chi connectivity index (χ4n) is 3.77. The lowest BCUT2D eigenvalue weighted by atomic mass is 10.1. The number of benzene rings is 2. The highest BCUT2D eigenvalue weighted by Crippen LogP contribution is 2.33. The minimum atomic E-state index is -0.434. The van der Waals surface area contributed by atoms with E-state index < -0.39 is 11.0 Å². The summed E-state index contributed by atoms with van der Waals surface area (Å²) in [5.41, 5.74) is 1.58. The lowest BCUT2D eigenvalue weighted by Gasteiger charge is -2.25. The molecule has 2 aromatic carbocycles. The van der Waals surface area contributed by atoms with Crippen LogP contribution in [0.25, 0.3) is 11.3 Å². The lowest BCUT2D eigenvalue weighted by Crippen LogP contribution is -2.40. The first-order chi connectivity index (χ1) is 15.1. The number of hydrogen-bond donors (Lipinski definition) is 1. The van der Waals surface area contributed by atoms with Crippen molar-refractivity contribution in [2.45, 2.75) is 18.9 Å². The zero-order valence-corrected chi connectivity index (χ0v) is 17.0. The van der Waals surface area contributed by atoms with E-state index in [1.807, 2.05) is 23.1 Å². The Hall–Kier alpha value is -3.94. The van der Waals surface area contributed by atoms with Gasteiger partial charge < -0.3 is 15.0 Å². The molecule has 0 spiro atoms. The van der Waals surface area contributed by atoms with Gasteiger partial charge in [0, 0.05) is 23.9 Å². The summed E-state index contributed by atoms with van der Waals surface area (Å²) < 4.78 is 5.15. The van der Waals surface area contributed by atoms with Crippen LogP contribution in [0.5, 0.6) is 5.75 Å². The van der Waals surface area contributed by atoms with Crippen molar-refractivity contribution in [1.82, 2.24) is 4.98 Å². The maximum absolute atomic E-state index is 13.0. The number of amides is 1. The number of pyridine rings is 1. The maximum atomic E-state index is 13.0. The first kappa shape index (κ1) is 20.3. The summed E-state index contributed by atoms with van der Waals surface area (Å²) in [6.07, 6.45) is 1.52. The molecule has 1 aliphatic heterocycles. The molecule has 1 amide bonds. The summed E-state index contributed by atoms with van der Waals surface area (Å²) in [5, 5.41) is 14.5. The molecule has 31 heavy (non-hydrogen) atoms. The summed E-state index contributed by atoms with van der Waals surface area (Å²) >= 11 is 0. The number of nitro groups is 1. The standard InChI is InChI=1S/C23H22N4O4/c1-31-18-11-9-17(10-12-18)24-23(28)20-8-5-15-26(20)21-14-13-19(27(29)30)22(25-21)16-6-3-2-4-7-16/h2-4,6-7,9-14,20H,5,8,15H2,1H3,(H,24,28). The number of hydrogen-bond acceptors (Lipinski definition) is 6. The van der Waals surface area contributed by atoms with Gasteiger partial charge in [-0.05, 0) is 43.2 Å². The molecule has 1 fully saturated rings. The van der Waals surface area contributed by atoms with Crippen molar-refractivity contribution in [3.8, 4) is 17.0 Å². The molecule has 0 aliphatic carbocycles. The second-order valence-electron chi connectivity index (χ2n) is 7.23. The Morgan fingerprint density at radius 1 is 1.13 bits per heavy atom. The zero-order chi connectivity index (χ0) is 21.8. The number of anilines is 2. The van der Waals surface area contributed by atoms with Gasteiger partial charge in [0.1, 0.15) is 17.6 Å². The van der Waals surface area contributed by atoms with Crippen LogP contribution in [0, 0.1) is 10.1 Å². The summed E-state index contributed by atoms with van der Waals surface area (Å²) in [5.74, 6) is 1.13. The number of methoxy groups -OCH3 is 1. The van der Waals surface area contributed by atoms with E-state index in [0.717, 1.165) is 6.42 Å². The van der Waals surface area contributed by atoms with Gasteiger partial charge in [-0.25, -0.2) is 4.98 Å². The van der Waals surface area contributed by atoms with Crippen LogP contribution in [-0.2, 0) is 4.79 Å². The van der Waals surface area contributed by atoms with Crippen LogP contribution in [0.4, 0.5) is 17.2 Å². The highest BCUT2D eigenvalue weighted by Gasteiger charge is 2.32. The van der Waals surface area contributed by atoms with Crippen molar-refractivity contribution >= 4 is 23.1 Å². The number of nitrogens with one attached hydrogen (secondary N) is 1. The average Bonchev–Trinajstić information content (AvgIpc) is 3.30. The van der Waals surface area contributed by atoms with Crippen molar-refractivity contribution in [3.05, 3.63) is 76.8 Å². The highest BCUT2D eigenvalue weighted by atomic mass is 16.6. The van der Waals surface area contributed by atoms with Gasteiger partial charge in [0.15, 0.2) is 5.69 Å². The van der Waals surface area contributed by atoms with Crippen molar-refractivity contribution < 1.29 is 14.5 Å². The van der Waals surface area contributed by atoms with Crippen LogP contribution in [0.1, 0.15) is 12.8 Å². The highest BCUT2D eigenvalue weighted by molar-refractivity contribution is 5.97. The third kappa shape index (κ3) is 4.32. The maximum Gasteiger partial charge on any atom is 0.295 e. The van der Waals surface area contributed by atoms with E-state index in [1.165, 1.54) is 6.07 Å². The molecule has 0 bridgehead atoms. The minimum absolute atomic E-state index is 0.0617. The Morgan fingerprint density at radius 3 is 2.55 bits per heavy atom. The van der Waals surface area contributed by atoms with Gasteiger partial charge in [0.05, 0.1) is 12.0 Å². The molecule has 0 radical (unpaired) electrons. The van der Waals surface area contributed by atoms with Gasteiger partial charge >= 0.3 is 0 Å². The number of carbonyl (C=O) groups excluding carboxylic acids is 1. The van der Waals surface area contributed by atoms with Crippen molar-refractivity contribution in [2.75, 3.05) is 23.9 Å². The van der Waals surface area contributed by atoms with Gasteiger partial charge in [-0.2, -0.15) is 0 Å². The monoisotopic (exact) mass is 418 g/mol.